The van der Waals surface area contributed by atoms with Gasteiger partial charge < -0.3 is 0 Å². The van der Waals surface area contributed by atoms with Gasteiger partial charge in [0.1, 0.15) is 0 Å². The second-order valence-electron chi connectivity index (χ2n) is 5.12. The van der Waals surface area contributed by atoms with Gasteiger partial charge >= 0.3 is 0 Å². The highest BCUT2D eigenvalue weighted by molar-refractivity contribution is 5.63. The van der Waals surface area contributed by atoms with Crippen LogP contribution in [-0.4, -0.2) is 0 Å². The lowest BCUT2D eigenvalue weighted by Gasteiger charge is -2.08. The molecule has 0 bridgehead atoms. The molecule has 2 rings (SSSR count). The van der Waals surface area contributed by atoms with E-state index < -0.39 is 0 Å². The highest BCUT2D eigenvalue weighted by Gasteiger charge is 2.01. The lowest BCUT2D eigenvalue weighted by Crippen LogP contribution is -1.95. The van der Waals surface area contributed by atoms with E-state index in [1.54, 1.807) is 0 Å². The van der Waals surface area contributed by atoms with Gasteiger partial charge in [-0.15, -0.1) is 0 Å². The van der Waals surface area contributed by atoms with Crippen LogP contribution in [0.5, 0.6) is 0 Å². The van der Waals surface area contributed by atoms with Crippen LogP contribution in [0.15, 0.2) is 54.6 Å². The van der Waals surface area contributed by atoms with E-state index in [0.29, 0.717) is 0 Å². The molecule has 1 unspecified atom stereocenters. The van der Waals surface area contributed by atoms with Crippen molar-refractivity contribution in [2.75, 3.05) is 0 Å². The normalized spacial score (nSPS) is 12.3. The first-order valence-electron chi connectivity index (χ1n) is 6.94. The highest BCUT2D eigenvalue weighted by atomic mass is 14.1. The molecule has 0 nitrogen and oxygen atoms in total. The Labute approximate surface area is 111 Å². The van der Waals surface area contributed by atoms with E-state index in [0.717, 1.165) is 5.92 Å². The van der Waals surface area contributed by atoms with Crippen LogP contribution in [0.25, 0.3) is 11.1 Å². The van der Waals surface area contributed by atoms with Gasteiger partial charge in [-0.3, -0.25) is 0 Å². The van der Waals surface area contributed by atoms with E-state index in [2.05, 4.69) is 68.4 Å². The fourth-order valence-corrected chi connectivity index (χ4v) is 2.11. The SMILES string of the molecule is CCC(C)CCc1ccc(-c2ccccc2)cc1. The Morgan fingerprint density at radius 2 is 1.44 bits per heavy atom. The monoisotopic (exact) mass is 238 g/mol. The topological polar surface area (TPSA) is 0 Å². The van der Waals surface area contributed by atoms with Crippen LogP contribution in [0.4, 0.5) is 0 Å². The van der Waals surface area contributed by atoms with Gasteiger partial charge in [0, 0.05) is 0 Å². The molecule has 0 saturated heterocycles. The van der Waals surface area contributed by atoms with E-state index in [-0.39, 0.29) is 0 Å². The summed E-state index contributed by atoms with van der Waals surface area (Å²) in [4.78, 5) is 0. The maximum atomic E-state index is 2.33. The maximum Gasteiger partial charge on any atom is -0.0184 e. The molecule has 18 heavy (non-hydrogen) atoms. The van der Waals surface area contributed by atoms with Crippen molar-refractivity contribution in [1.29, 1.82) is 0 Å². The van der Waals surface area contributed by atoms with E-state index >= 15 is 0 Å². The molecule has 0 spiro atoms. The fourth-order valence-electron chi connectivity index (χ4n) is 2.11. The lowest BCUT2D eigenvalue weighted by atomic mass is 9.97. The summed E-state index contributed by atoms with van der Waals surface area (Å²) >= 11 is 0. The molecule has 2 aromatic carbocycles. The molecule has 2 aromatic rings. The zero-order chi connectivity index (χ0) is 12.8. The van der Waals surface area contributed by atoms with Crippen LogP contribution in [0.2, 0.25) is 0 Å². The minimum atomic E-state index is 0.832. The first-order chi connectivity index (χ1) is 8.79. The maximum absolute atomic E-state index is 2.33. The average Bonchev–Trinajstić information content (AvgIpc) is 2.46. The molecule has 0 aliphatic rings. The number of benzene rings is 2. The Bertz CT molecular complexity index is 453. The molecule has 0 radical (unpaired) electrons. The largest absolute Gasteiger partial charge is 0.0651 e. The molecule has 0 N–H and O–H groups in total. The fraction of sp³-hybridized carbons (Fsp3) is 0.333. The summed E-state index contributed by atoms with van der Waals surface area (Å²) in [6.07, 6.45) is 3.77. The summed E-state index contributed by atoms with van der Waals surface area (Å²) in [5.41, 5.74) is 4.06. The lowest BCUT2D eigenvalue weighted by molar-refractivity contribution is 0.516. The van der Waals surface area contributed by atoms with Crippen LogP contribution >= 0.6 is 0 Å². The van der Waals surface area contributed by atoms with Crippen molar-refractivity contribution in [3.8, 4) is 11.1 Å². The van der Waals surface area contributed by atoms with Crippen molar-refractivity contribution < 1.29 is 0 Å². The third-order valence-corrected chi connectivity index (χ3v) is 3.68. The van der Waals surface area contributed by atoms with Gasteiger partial charge in [0.15, 0.2) is 0 Å². The molecule has 0 saturated carbocycles. The summed E-state index contributed by atoms with van der Waals surface area (Å²) in [7, 11) is 0. The van der Waals surface area contributed by atoms with Crippen molar-refractivity contribution in [2.45, 2.75) is 33.1 Å². The minimum Gasteiger partial charge on any atom is -0.0651 e. The zero-order valence-electron chi connectivity index (χ0n) is 11.4. The van der Waals surface area contributed by atoms with Crippen molar-refractivity contribution in [3.63, 3.8) is 0 Å². The molecule has 94 valence electrons. The Morgan fingerprint density at radius 3 is 2.06 bits per heavy atom. The summed E-state index contributed by atoms with van der Waals surface area (Å²) in [5.74, 6) is 0.832. The van der Waals surface area contributed by atoms with Gasteiger partial charge in [-0.2, -0.15) is 0 Å². The molecule has 1 atom stereocenters. The molecule has 0 aliphatic carbocycles. The standard InChI is InChI=1S/C18H22/c1-3-15(2)9-10-16-11-13-18(14-12-16)17-7-5-4-6-8-17/h4-8,11-15H,3,9-10H2,1-2H3. The molecular weight excluding hydrogens is 216 g/mol. The number of hydrogen-bond donors (Lipinski definition) is 0. The summed E-state index contributed by atoms with van der Waals surface area (Å²) in [6.45, 7) is 4.60. The Hall–Kier alpha value is -1.56. The third kappa shape index (κ3) is 3.46. The average molecular weight is 238 g/mol. The quantitative estimate of drug-likeness (QED) is 0.660. The van der Waals surface area contributed by atoms with Crippen molar-refractivity contribution >= 4 is 0 Å². The van der Waals surface area contributed by atoms with Crippen molar-refractivity contribution in [1.82, 2.24) is 0 Å². The van der Waals surface area contributed by atoms with E-state index in [1.165, 1.54) is 36.0 Å². The minimum absolute atomic E-state index is 0.832. The first kappa shape index (κ1) is 12.9. The Morgan fingerprint density at radius 1 is 0.833 bits per heavy atom. The predicted molar refractivity (Wildman–Crippen MR) is 79.7 cm³/mol. The summed E-state index contributed by atoms with van der Waals surface area (Å²) in [6, 6.07) is 19.6. The van der Waals surface area contributed by atoms with Crippen LogP contribution in [0.1, 0.15) is 32.3 Å². The summed E-state index contributed by atoms with van der Waals surface area (Å²) in [5, 5.41) is 0. The third-order valence-electron chi connectivity index (χ3n) is 3.68. The summed E-state index contributed by atoms with van der Waals surface area (Å²) < 4.78 is 0. The molecular formula is C18H22. The molecule has 0 aromatic heterocycles. The molecule has 0 heterocycles. The van der Waals surface area contributed by atoms with Crippen LogP contribution in [0.3, 0.4) is 0 Å². The van der Waals surface area contributed by atoms with Gasteiger partial charge in [0.25, 0.3) is 0 Å². The van der Waals surface area contributed by atoms with Gasteiger partial charge in [0.05, 0.1) is 0 Å². The van der Waals surface area contributed by atoms with Crippen molar-refractivity contribution in [2.24, 2.45) is 5.92 Å². The smallest absolute Gasteiger partial charge is 0.0184 e. The molecule has 0 fully saturated rings. The van der Waals surface area contributed by atoms with Crippen LogP contribution < -0.4 is 0 Å². The van der Waals surface area contributed by atoms with E-state index in [1.807, 2.05) is 0 Å². The predicted octanol–water partition coefficient (Wildman–Crippen LogP) is 5.33. The number of aryl methyl sites for hydroxylation is 1. The Balaban J connectivity index is 2.02. The van der Waals surface area contributed by atoms with E-state index in [4.69, 9.17) is 0 Å². The van der Waals surface area contributed by atoms with Gasteiger partial charge in [0.2, 0.25) is 0 Å². The Kier molecular flexibility index (Phi) is 4.58. The number of rotatable bonds is 5. The first-order valence-corrected chi connectivity index (χ1v) is 6.94. The van der Waals surface area contributed by atoms with E-state index in [9.17, 15) is 0 Å². The van der Waals surface area contributed by atoms with Crippen molar-refractivity contribution in [3.05, 3.63) is 60.2 Å². The molecule has 0 heteroatoms. The van der Waals surface area contributed by atoms with Gasteiger partial charge in [-0.25, -0.2) is 0 Å². The van der Waals surface area contributed by atoms with Crippen LogP contribution in [0, 0.1) is 5.92 Å². The second kappa shape index (κ2) is 6.39. The van der Waals surface area contributed by atoms with Gasteiger partial charge in [-0.1, -0.05) is 74.9 Å². The van der Waals surface area contributed by atoms with Gasteiger partial charge in [-0.05, 0) is 35.4 Å². The number of hydrogen-bond acceptors (Lipinski definition) is 0. The second-order valence-corrected chi connectivity index (χ2v) is 5.12. The molecule has 0 aliphatic heterocycles. The zero-order valence-corrected chi connectivity index (χ0v) is 11.4. The van der Waals surface area contributed by atoms with Crippen LogP contribution in [-0.2, 0) is 6.42 Å². The molecule has 0 amide bonds. The highest BCUT2D eigenvalue weighted by Crippen LogP contribution is 2.20.